The molecular formula is C13H27ClN2. The molecule has 96 valence electrons. The Kier molecular flexibility index (Phi) is 6.09. The van der Waals surface area contributed by atoms with E-state index in [1.807, 2.05) is 0 Å². The molecule has 2 nitrogen and oxygen atoms in total. The van der Waals surface area contributed by atoms with Crippen LogP contribution in [-0.2, 0) is 0 Å². The van der Waals surface area contributed by atoms with Gasteiger partial charge in [-0.25, -0.2) is 0 Å². The molecule has 0 radical (unpaired) electrons. The number of hydrogen-bond donors (Lipinski definition) is 1. The minimum Gasteiger partial charge on any atom is -0.317 e. The van der Waals surface area contributed by atoms with Crippen LogP contribution in [0.5, 0.6) is 0 Å². The lowest BCUT2D eigenvalue weighted by molar-refractivity contribution is 0.180. The summed E-state index contributed by atoms with van der Waals surface area (Å²) in [5, 5.41) is 3.46. The Hall–Kier alpha value is 0.210. The van der Waals surface area contributed by atoms with E-state index in [2.05, 4.69) is 24.1 Å². The summed E-state index contributed by atoms with van der Waals surface area (Å²) >= 11 is 0. The van der Waals surface area contributed by atoms with Gasteiger partial charge in [0, 0.05) is 19.1 Å². The molecule has 1 heterocycles. The Balaban J connectivity index is 0.00000128. The van der Waals surface area contributed by atoms with Crippen molar-refractivity contribution in [2.24, 2.45) is 11.8 Å². The zero-order valence-corrected chi connectivity index (χ0v) is 11.6. The van der Waals surface area contributed by atoms with Crippen LogP contribution in [0, 0.1) is 11.8 Å². The molecule has 1 aliphatic heterocycles. The highest BCUT2D eigenvalue weighted by atomic mass is 35.5. The highest BCUT2D eigenvalue weighted by molar-refractivity contribution is 5.85. The monoisotopic (exact) mass is 246 g/mol. The minimum absolute atomic E-state index is 0. The first-order chi connectivity index (χ1) is 7.25. The van der Waals surface area contributed by atoms with Crippen LogP contribution >= 0.6 is 12.4 Å². The number of nitrogens with zero attached hydrogens (tertiary/aromatic N) is 1. The van der Waals surface area contributed by atoms with E-state index in [0.717, 1.165) is 17.9 Å². The highest BCUT2D eigenvalue weighted by Gasteiger charge is 2.30. The Morgan fingerprint density at radius 3 is 2.25 bits per heavy atom. The molecule has 0 aromatic rings. The molecule has 0 unspecified atom stereocenters. The standard InChI is InChI=1S/C13H26N2.ClH/c1-11(2)9-15(13-3-4-13)10-12-5-7-14-8-6-12;/h11-14H,3-10H2,1-2H3;1H. The van der Waals surface area contributed by atoms with Crippen molar-refractivity contribution in [3.63, 3.8) is 0 Å². The molecule has 3 heteroatoms. The number of rotatable bonds is 5. The van der Waals surface area contributed by atoms with E-state index in [1.54, 1.807) is 0 Å². The molecule has 0 bridgehead atoms. The summed E-state index contributed by atoms with van der Waals surface area (Å²) in [4.78, 5) is 2.76. The van der Waals surface area contributed by atoms with E-state index in [4.69, 9.17) is 0 Å². The topological polar surface area (TPSA) is 15.3 Å². The smallest absolute Gasteiger partial charge is 0.00966 e. The molecule has 0 spiro atoms. The van der Waals surface area contributed by atoms with Crippen LogP contribution in [0.3, 0.4) is 0 Å². The zero-order valence-electron chi connectivity index (χ0n) is 10.7. The average molecular weight is 247 g/mol. The van der Waals surface area contributed by atoms with Crippen molar-refractivity contribution in [1.29, 1.82) is 0 Å². The average Bonchev–Trinajstić information content (AvgIpc) is 3.01. The van der Waals surface area contributed by atoms with Gasteiger partial charge in [0.25, 0.3) is 0 Å². The van der Waals surface area contributed by atoms with E-state index < -0.39 is 0 Å². The highest BCUT2D eigenvalue weighted by Crippen LogP contribution is 2.29. The van der Waals surface area contributed by atoms with Crippen molar-refractivity contribution >= 4 is 12.4 Å². The summed E-state index contributed by atoms with van der Waals surface area (Å²) in [5.74, 6) is 1.79. The van der Waals surface area contributed by atoms with Gasteiger partial charge in [0.15, 0.2) is 0 Å². The maximum Gasteiger partial charge on any atom is 0.00966 e. The van der Waals surface area contributed by atoms with E-state index in [9.17, 15) is 0 Å². The molecule has 1 saturated carbocycles. The Labute approximate surface area is 107 Å². The number of halogens is 1. The van der Waals surface area contributed by atoms with Crippen LogP contribution in [0.2, 0.25) is 0 Å². The predicted octanol–water partition coefficient (Wildman–Crippen LogP) is 2.53. The molecule has 1 aliphatic carbocycles. The largest absolute Gasteiger partial charge is 0.317 e. The number of piperidine rings is 1. The summed E-state index contributed by atoms with van der Waals surface area (Å²) in [6, 6.07) is 0.947. The SMILES string of the molecule is CC(C)CN(CC1CCNCC1)C1CC1.Cl. The number of nitrogens with one attached hydrogen (secondary N) is 1. The second-order valence-electron chi connectivity index (χ2n) is 5.77. The van der Waals surface area contributed by atoms with Gasteiger partial charge in [-0.1, -0.05) is 13.8 Å². The maximum absolute atomic E-state index is 3.46. The third-order valence-electron chi connectivity index (χ3n) is 3.61. The first kappa shape index (κ1) is 14.3. The van der Waals surface area contributed by atoms with Crippen molar-refractivity contribution in [3.8, 4) is 0 Å². The quantitative estimate of drug-likeness (QED) is 0.802. The van der Waals surface area contributed by atoms with Gasteiger partial charge in [-0.05, 0) is 50.6 Å². The van der Waals surface area contributed by atoms with Gasteiger partial charge in [-0.3, -0.25) is 4.90 Å². The maximum atomic E-state index is 3.46. The summed E-state index contributed by atoms with van der Waals surface area (Å²) in [6.07, 6.45) is 5.69. The van der Waals surface area contributed by atoms with Crippen LogP contribution in [0.4, 0.5) is 0 Å². The molecule has 16 heavy (non-hydrogen) atoms. The second-order valence-corrected chi connectivity index (χ2v) is 5.77. The molecule has 1 N–H and O–H groups in total. The van der Waals surface area contributed by atoms with E-state index in [-0.39, 0.29) is 12.4 Å². The summed E-state index contributed by atoms with van der Waals surface area (Å²) in [6.45, 7) is 9.85. The van der Waals surface area contributed by atoms with Crippen molar-refractivity contribution in [3.05, 3.63) is 0 Å². The van der Waals surface area contributed by atoms with Gasteiger partial charge in [-0.2, -0.15) is 0 Å². The fraction of sp³-hybridized carbons (Fsp3) is 1.00. The molecule has 2 fully saturated rings. The Morgan fingerprint density at radius 2 is 1.75 bits per heavy atom. The van der Waals surface area contributed by atoms with Crippen LogP contribution in [0.15, 0.2) is 0 Å². The van der Waals surface area contributed by atoms with Gasteiger partial charge in [0.2, 0.25) is 0 Å². The van der Waals surface area contributed by atoms with E-state index in [1.165, 1.54) is 51.9 Å². The third-order valence-corrected chi connectivity index (χ3v) is 3.61. The van der Waals surface area contributed by atoms with Crippen molar-refractivity contribution in [2.45, 2.75) is 45.6 Å². The molecule has 0 aromatic carbocycles. The van der Waals surface area contributed by atoms with Gasteiger partial charge in [0.1, 0.15) is 0 Å². The molecule has 1 saturated heterocycles. The van der Waals surface area contributed by atoms with Crippen molar-refractivity contribution in [1.82, 2.24) is 10.2 Å². The van der Waals surface area contributed by atoms with E-state index in [0.29, 0.717) is 0 Å². The van der Waals surface area contributed by atoms with Crippen LogP contribution in [0.25, 0.3) is 0 Å². The Morgan fingerprint density at radius 1 is 1.12 bits per heavy atom. The second kappa shape index (κ2) is 6.83. The van der Waals surface area contributed by atoms with Crippen LogP contribution in [-0.4, -0.2) is 37.1 Å². The first-order valence-electron chi connectivity index (χ1n) is 6.70. The third kappa shape index (κ3) is 4.60. The lowest BCUT2D eigenvalue weighted by atomic mass is 9.97. The van der Waals surface area contributed by atoms with Gasteiger partial charge in [-0.15, -0.1) is 12.4 Å². The first-order valence-corrected chi connectivity index (χ1v) is 6.70. The molecule has 2 aliphatic rings. The molecule has 0 atom stereocenters. The number of hydrogen-bond acceptors (Lipinski definition) is 2. The van der Waals surface area contributed by atoms with Crippen LogP contribution in [0.1, 0.15) is 39.5 Å². The lowest BCUT2D eigenvalue weighted by Gasteiger charge is -2.31. The molecular weight excluding hydrogens is 220 g/mol. The van der Waals surface area contributed by atoms with Gasteiger partial charge < -0.3 is 5.32 Å². The van der Waals surface area contributed by atoms with Crippen molar-refractivity contribution < 1.29 is 0 Å². The van der Waals surface area contributed by atoms with Crippen molar-refractivity contribution in [2.75, 3.05) is 26.2 Å². The van der Waals surface area contributed by atoms with Crippen LogP contribution < -0.4 is 5.32 Å². The Bertz CT molecular complexity index is 186. The summed E-state index contributed by atoms with van der Waals surface area (Å²) in [5.41, 5.74) is 0. The van der Waals surface area contributed by atoms with Gasteiger partial charge in [0.05, 0.1) is 0 Å². The minimum atomic E-state index is 0. The predicted molar refractivity (Wildman–Crippen MR) is 72.3 cm³/mol. The lowest BCUT2D eigenvalue weighted by Crippen LogP contribution is -2.38. The molecule has 2 rings (SSSR count). The fourth-order valence-corrected chi connectivity index (χ4v) is 2.68. The fourth-order valence-electron chi connectivity index (χ4n) is 2.68. The molecule has 0 amide bonds. The zero-order chi connectivity index (χ0) is 10.7. The molecule has 0 aromatic heterocycles. The van der Waals surface area contributed by atoms with E-state index >= 15 is 0 Å². The summed E-state index contributed by atoms with van der Waals surface area (Å²) in [7, 11) is 0. The van der Waals surface area contributed by atoms with Gasteiger partial charge >= 0.3 is 0 Å². The summed E-state index contributed by atoms with van der Waals surface area (Å²) < 4.78 is 0. The normalized spacial score (nSPS) is 22.5.